The average molecular weight is 235 g/mol. The molecule has 1 saturated carbocycles. The zero-order valence-corrected chi connectivity index (χ0v) is 11.2. The molecule has 2 unspecified atom stereocenters. The van der Waals surface area contributed by atoms with E-state index in [1.807, 2.05) is 6.20 Å². The summed E-state index contributed by atoms with van der Waals surface area (Å²) in [6.07, 6.45) is 11.0. The lowest BCUT2D eigenvalue weighted by molar-refractivity contribution is 0.261. The van der Waals surface area contributed by atoms with Crippen molar-refractivity contribution in [2.24, 2.45) is 11.8 Å². The Morgan fingerprint density at radius 3 is 3.12 bits per heavy atom. The first kappa shape index (κ1) is 12.5. The van der Waals surface area contributed by atoms with Gasteiger partial charge in [0, 0.05) is 25.5 Å². The largest absolute Gasteiger partial charge is 0.356 e. The van der Waals surface area contributed by atoms with Crippen molar-refractivity contribution in [3.8, 4) is 0 Å². The molecule has 96 valence electrons. The highest BCUT2D eigenvalue weighted by Crippen LogP contribution is 2.31. The molecule has 17 heavy (non-hydrogen) atoms. The molecule has 1 N–H and O–H groups in total. The second-order valence-corrected chi connectivity index (χ2v) is 5.40. The number of hydrogen-bond acceptors (Lipinski definition) is 2. The number of hydrogen-bond donors (Lipinski definition) is 1. The minimum atomic E-state index is 0.927. The van der Waals surface area contributed by atoms with E-state index in [0.29, 0.717) is 0 Å². The van der Waals surface area contributed by atoms with E-state index in [9.17, 15) is 0 Å². The van der Waals surface area contributed by atoms with Crippen LogP contribution < -0.4 is 5.32 Å². The van der Waals surface area contributed by atoms with Crippen molar-refractivity contribution in [3.63, 3.8) is 0 Å². The molecule has 0 spiro atoms. The summed E-state index contributed by atoms with van der Waals surface area (Å²) in [7, 11) is 0. The highest BCUT2D eigenvalue weighted by Gasteiger charge is 2.18. The Kier molecular flexibility index (Phi) is 4.46. The van der Waals surface area contributed by atoms with Crippen LogP contribution in [-0.2, 0) is 6.54 Å². The van der Waals surface area contributed by atoms with Crippen LogP contribution in [0.2, 0.25) is 0 Å². The maximum atomic E-state index is 4.34. The predicted octanol–water partition coefficient (Wildman–Crippen LogP) is 3.53. The molecule has 0 aliphatic heterocycles. The second-order valence-electron chi connectivity index (χ2n) is 5.40. The minimum Gasteiger partial charge on any atom is -0.356 e. The molecule has 0 bridgehead atoms. The maximum absolute atomic E-state index is 4.34. The van der Waals surface area contributed by atoms with Crippen LogP contribution in [0.15, 0.2) is 12.4 Å². The third-order valence-electron chi connectivity index (χ3n) is 3.87. The zero-order valence-electron chi connectivity index (χ0n) is 11.2. The quantitative estimate of drug-likeness (QED) is 0.846. The van der Waals surface area contributed by atoms with Gasteiger partial charge in [0.25, 0.3) is 0 Å². The number of rotatable bonds is 5. The van der Waals surface area contributed by atoms with Crippen LogP contribution >= 0.6 is 0 Å². The third-order valence-corrected chi connectivity index (χ3v) is 3.87. The summed E-state index contributed by atoms with van der Waals surface area (Å²) in [5, 5.41) is 3.30. The third kappa shape index (κ3) is 3.48. The first-order chi connectivity index (χ1) is 8.29. The Morgan fingerprint density at radius 1 is 1.47 bits per heavy atom. The molecule has 1 aromatic rings. The number of aromatic nitrogens is 2. The van der Waals surface area contributed by atoms with E-state index in [0.717, 1.165) is 30.9 Å². The van der Waals surface area contributed by atoms with Gasteiger partial charge >= 0.3 is 0 Å². The van der Waals surface area contributed by atoms with Crippen LogP contribution in [0, 0.1) is 11.8 Å². The molecule has 0 amide bonds. The van der Waals surface area contributed by atoms with Crippen LogP contribution in [0.3, 0.4) is 0 Å². The molecule has 0 saturated heterocycles. The van der Waals surface area contributed by atoms with Crippen LogP contribution in [0.5, 0.6) is 0 Å². The van der Waals surface area contributed by atoms with Crippen LogP contribution in [0.25, 0.3) is 0 Å². The Bertz CT molecular complexity index is 332. The molecule has 1 heterocycles. The molecular weight excluding hydrogens is 210 g/mol. The van der Waals surface area contributed by atoms with Gasteiger partial charge in [0.05, 0.1) is 0 Å². The van der Waals surface area contributed by atoms with Crippen molar-refractivity contribution in [3.05, 3.63) is 12.4 Å². The first-order valence-corrected chi connectivity index (χ1v) is 7.04. The monoisotopic (exact) mass is 235 g/mol. The highest BCUT2D eigenvalue weighted by molar-refractivity contribution is 5.25. The Labute approximate surface area is 105 Å². The smallest absolute Gasteiger partial charge is 0.202 e. The lowest BCUT2D eigenvalue weighted by atomic mass is 9.81. The van der Waals surface area contributed by atoms with Gasteiger partial charge < -0.3 is 9.88 Å². The molecule has 1 fully saturated rings. The molecule has 1 aliphatic carbocycles. The average Bonchev–Trinajstić information content (AvgIpc) is 2.75. The van der Waals surface area contributed by atoms with Crippen molar-refractivity contribution in [1.82, 2.24) is 9.55 Å². The van der Waals surface area contributed by atoms with Crippen molar-refractivity contribution in [2.75, 3.05) is 11.9 Å². The van der Waals surface area contributed by atoms with Gasteiger partial charge in [-0.15, -0.1) is 0 Å². The minimum absolute atomic E-state index is 0.927. The fraction of sp³-hybridized carbons (Fsp3) is 0.786. The number of aryl methyl sites for hydroxylation is 1. The van der Waals surface area contributed by atoms with E-state index >= 15 is 0 Å². The molecule has 1 aliphatic rings. The molecule has 2 rings (SSSR count). The summed E-state index contributed by atoms with van der Waals surface area (Å²) in [5.74, 6) is 2.89. The summed E-state index contributed by atoms with van der Waals surface area (Å²) in [4.78, 5) is 4.34. The summed E-state index contributed by atoms with van der Waals surface area (Å²) < 4.78 is 2.25. The lowest BCUT2D eigenvalue weighted by Gasteiger charge is -2.26. The zero-order chi connectivity index (χ0) is 12.1. The van der Waals surface area contributed by atoms with E-state index in [4.69, 9.17) is 0 Å². The van der Waals surface area contributed by atoms with E-state index in [1.54, 1.807) is 0 Å². The van der Waals surface area contributed by atoms with E-state index in [1.165, 1.54) is 32.1 Å². The van der Waals surface area contributed by atoms with Gasteiger partial charge in [-0.2, -0.15) is 0 Å². The van der Waals surface area contributed by atoms with Crippen LogP contribution in [0.4, 0.5) is 5.95 Å². The van der Waals surface area contributed by atoms with Crippen LogP contribution in [-0.4, -0.2) is 16.1 Å². The summed E-state index contributed by atoms with van der Waals surface area (Å²) in [5.41, 5.74) is 0. The number of imidazole rings is 1. The topological polar surface area (TPSA) is 29.9 Å². The summed E-state index contributed by atoms with van der Waals surface area (Å²) in [6.45, 7) is 6.56. The summed E-state index contributed by atoms with van der Waals surface area (Å²) in [6, 6.07) is 0. The molecule has 0 radical (unpaired) electrons. The first-order valence-electron chi connectivity index (χ1n) is 7.04. The van der Waals surface area contributed by atoms with Crippen molar-refractivity contribution in [2.45, 2.75) is 52.5 Å². The fourth-order valence-corrected chi connectivity index (χ4v) is 2.96. The maximum Gasteiger partial charge on any atom is 0.202 e. The molecule has 1 aromatic heterocycles. The fourth-order valence-electron chi connectivity index (χ4n) is 2.96. The van der Waals surface area contributed by atoms with E-state index < -0.39 is 0 Å². The molecule has 2 atom stereocenters. The van der Waals surface area contributed by atoms with Gasteiger partial charge in [0.2, 0.25) is 5.95 Å². The number of anilines is 1. The Morgan fingerprint density at radius 2 is 2.35 bits per heavy atom. The Hall–Kier alpha value is -0.990. The predicted molar refractivity (Wildman–Crippen MR) is 72.1 cm³/mol. The van der Waals surface area contributed by atoms with E-state index in [2.05, 4.69) is 34.9 Å². The molecule has 0 aromatic carbocycles. The molecular formula is C14H25N3. The lowest BCUT2D eigenvalue weighted by Crippen LogP contribution is -2.16. The summed E-state index contributed by atoms with van der Waals surface area (Å²) >= 11 is 0. The van der Waals surface area contributed by atoms with Gasteiger partial charge in [-0.05, 0) is 31.6 Å². The number of nitrogens with zero attached hydrogens (tertiary/aromatic N) is 2. The van der Waals surface area contributed by atoms with E-state index in [-0.39, 0.29) is 0 Å². The Balaban J connectivity index is 1.82. The molecule has 3 heteroatoms. The van der Waals surface area contributed by atoms with Gasteiger partial charge in [0.15, 0.2) is 0 Å². The van der Waals surface area contributed by atoms with Crippen molar-refractivity contribution < 1.29 is 0 Å². The molecule has 3 nitrogen and oxygen atoms in total. The highest BCUT2D eigenvalue weighted by atomic mass is 15.2. The number of nitrogens with one attached hydrogen (secondary N) is 1. The van der Waals surface area contributed by atoms with Crippen molar-refractivity contribution in [1.29, 1.82) is 0 Å². The van der Waals surface area contributed by atoms with Gasteiger partial charge in [-0.25, -0.2) is 4.98 Å². The second kappa shape index (κ2) is 6.08. The van der Waals surface area contributed by atoms with Gasteiger partial charge in [-0.1, -0.05) is 26.2 Å². The standard InChI is InChI=1S/C14H25N3/c1-3-15-14-16-8-10-17(14)9-7-13-6-4-5-12(2)11-13/h8,10,12-13H,3-7,9,11H2,1-2H3,(H,15,16). The van der Waals surface area contributed by atoms with Crippen molar-refractivity contribution >= 4 is 5.95 Å². The van der Waals surface area contributed by atoms with Crippen LogP contribution in [0.1, 0.15) is 46.0 Å². The van der Waals surface area contributed by atoms with Gasteiger partial charge in [-0.3, -0.25) is 0 Å². The van der Waals surface area contributed by atoms with Gasteiger partial charge in [0.1, 0.15) is 0 Å². The normalized spacial score (nSPS) is 24.8. The SMILES string of the molecule is CCNc1nccn1CCC1CCCC(C)C1.